The number of methoxy groups -OCH3 is 1. The minimum atomic E-state index is -3.65. The molecule has 0 bridgehead atoms. The Kier molecular flexibility index (Phi) is 6.10. The molecule has 2 aliphatic heterocycles. The van der Waals surface area contributed by atoms with E-state index in [0.29, 0.717) is 16.9 Å². The van der Waals surface area contributed by atoms with Gasteiger partial charge in [-0.3, -0.25) is 4.79 Å². The summed E-state index contributed by atoms with van der Waals surface area (Å²) in [6, 6.07) is 5.42. The van der Waals surface area contributed by atoms with Crippen LogP contribution in [0.1, 0.15) is 5.56 Å². The SMILES string of the molecule is COc1c(Oc2cc(C(F)(F)I)c(F)cc2-c2cc(=O)c3cn(O)ccc-3n2)ccc(F)c1F. The fourth-order valence-electron chi connectivity index (χ4n) is 3.23. The second-order valence-electron chi connectivity index (χ2n) is 6.95. The van der Waals surface area contributed by atoms with Gasteiger partial charge in [-0.15, -0.1) is 0 Å². The molecule has 4 rings (SSSR count). The third kappa shape index (κ3) is 4.36. The molecule has 0 atom stereocenters. The normalized spacial score (nSPS) is 11.6. The Morgan fingerprint density at radius 2 is 1.74 bits per heavy atom. The lowest BCUT2D eigenvalue weighted by atomic mass is 10.0. The molecular weight excluding hydrogens is 578 g/mol. The first-order valence-corrected chi connectivity index (χ1v) is 10.4. The van der Waals surface area contributed by atoms with Crippen molar-refractivity contribution in [2.75, 3.05) is 7.11 Å². The zero-order chi connectivity index (χ0) is 24.8. The van der Waals surface area contributed by atoms with Crippen LogP contribution in [-0.2, 0) is 3.93 Å². The van der Waals surface area contributed by atoms with Crippen LogP contribution in [0.15, 0.2) is 53.6 Å². The molecule has 6 nitrogen and oxygen atoms in total. The van der Waals surface area contributed by atoms with Gasteiger partial charge in [-0.05, 0) is 30.3 Å². The third-order valence-electron chi connectivity index (χ3n) is 4.79. The lowest BCUT2D eigenvalue weighted by Gasteiger charge is -2.18. The first-order valence-electron chi connectivity index (χ1n) is 9.33. The predicted molar refractivity (Wildman–Crippen MR) is 119 cm³/mol. The number of halogens is 6. The van der Waals surface area contributed by atoms with Crippen molar-refractivity contribution in [3.8, 4) is 39.8 Å². The summed E-state index contributed by atoms with van der Waals surface area (Å²) in [5.74, 6) is -5.39. The molecule has 2 aliphatic rings. The van der Waals surface area contributed by atoms with E-state index < -0.39 is 43.9 Å². The van der Waals surface area contributed by atoms with E-state index in [1.807, 2.05) is 0 Å². The van der Waals surface area contributed by atoms with Crippen LogP contribution in [0.2, 0.25) is 0 Å². The van der Waals surface area contributed by atoms with E-state index >= 15 is 0 Å². The Morgan fingerprint density at radius 3 is 2.41 bits per heavy atom. The molecule has 0 radical (unpaired) electrons. The Labute approximate surface area is 201 Å². The molecule has 0 unspecified atom stereocenters. The van der Waals surface area contributed by atoms with E-state index in [1.54, 1.807) is 0 Å². The van der Waals surface area contributed by atoms with E-state index in [1.165, 1.54) is 12.3 Å². The molecule has 0 fully saturated rings. The Balaban J connectivity index is 1.96. The van der Waals surface area contributed by atoms with Crippen molar-refractivity contribution < 1.29 is 36.6 Å². The van der Waals surface area contributed by atoms with E-state index in [4.69, 9.17) is 9.47 Å². The van der Waals surface area contributed by atoms with Crippen LogP contribution in [0.25, 0.3) is 22.5 Å². The summed E-state index contributed by atoms with van der Waals surface area (Å²) in [6.45, 7) is 0. The number of nitrogens with zero attached hydrogens (tertiary/aromatic N) is 2. The van der Waals surface area contributed by atoms with Crippen molar-refractivity contribution in [1.82, 2.24) is 9.71 Å². The van der Waals surface area contributed by atoms with Crippen LogP contribution in [0.5, 0.6) is 17.2 Å². The highest BCUT2D eigenvalue weighted by Gasteiger charge is 2.33. The second-order valence-corrected chi connectivity index (χ2v) is 8.31. The van der Waals surface area contributed by atoms with Crippen molar-refractivity contribution in [1.29, 1.82) is 0 Å². The molecule has 0 aliphatic carbocycles. The van der Waals surface area contributed by atoms with Crippen LogP contribution < -0.4 is 14.9 Å². The van der Waals surface area contributed by atoms with Crippen molar-refractivity contribution >= 4 is 22.6 Å². The molecule has 0 saturated heterocycles. The number of hydrogen-bond acceptors (Lipinski definition) is 5. The van der Waals surface area contributed by atoms with Crippen LogP contribution in [-0.4, -0.2) is 22.0 Å². The number of ether oxygens (including phenoxy) is 2. The Hall–Kier alpha value is -3.42. The lowest BCUT2D eigenvalue weighted by molar-refractivity contribution is 0.122. The molecule has 0 saturated carbocycles. The summed E-state index contributed by atoms with van der Waals surface area (Å²) in [5, 5.41) is 9.52. The van der Waals surface area contributed by atoms with Gasteiger partial charge in [0.05, 0.1) is 35.8 Å². The predicted octanol–water partition coefficient (Wildman–Crippen LogP) is 5.95. The highest BCUT2D eigenvalue weighted by Crippen LogP contribution is 2.44. The van der Waals surface area contributed by atoms with Gasteiger partial charge in [0.1, 0.15) is 11.6 Å². The van der Waals surface area contributed by atoms with E-state index in [9.17, 15) is 32.0 Å². The third-order valence-corrected chi connectivity index (χ3v) is 5.37. The number of rotatable bonds is 5. The van der Waals surface area contributed by atoms with Crippen LogP contribution in [0, 0.1) is 17.5 Å². The highest BCUT2D eigenvalue weighted by atomic mass is 127. The molecule has 0 aromatic heterocycles. The van der Waals surface area contributed by atoms with Crippen LogP contribution in [0.4, 0.5) is 22.0 Å². The van der Waals surface area contributed by atoms with E-state index in [-0.39, 0.29) is 28.3 Å². The van der Waals surface area contributed by atoms with E-state index in [0.717, 1.165) is 54.1 Å². The Morgan fingerprint density at radius 1 is 1.00 bits per heavy atom. The molecule has 2 heterocycles. The van der Waals surface area contributed by atoms with Gasteiger partial charge in [-0.25, -0.2) is 18.5 Å². The maximum atomic E-state index is 14.7. The molecule has 34 heavy (non-hydrogen) atoms. The Bertz CT molecular complexity index is 1440. The molecule has 2 aromatic rings. The van der Waals surface area contributed by atoms with Gasteiger partial charge >= 0.3 is 3.93 Å². The summed E-state index contributed by atoms with van der Waals surface area (Å²) < 4.78 is 77.8. The number of benzene rings is 2. The smallest absolute Gasteiger partial charge is 0.324 e. The average Bonchev–Trinajstić information content (AvgIpc) is 2.77. The highest BCUT2D eigenvalue weighted by molar-refractivity contribution is 14.1. The van der Waals surface area contributed by atoms with Crippen molar-refractivity contribution in [2.45, 2.75) is 3.93 Å². The first kappa shape index (κ1) is 23.7. The summed E-state index contributed by atoms with van der Waals surface area (Å²) in [7, 11) is 1.04. The summed E-state index contributed by atoms with van der Waals surface area (Å²) in [6.07, 6.45) is 2.31. The maximum Gasteiger partial charge on any atom is 0.324 e. The standard InChI is InChI=1S/C22H12F5IN2O4/c1-33-21-18(3-2-13(23)20(21)25)34-19-7-12(22(26,27)28)14(24)6-10(19)16-8-17(31)11-9-30(32)5-4-15(11)29-16/h2-9,32H,1H3. The van der Waals surface area contributed by atoms with Crippen molar-refractivity contribution in [3.63, 3.8) is 0 Å². The number of aromatic nitrogens is 2. The monoisotopic (exact) mass is 590 g/mol. The number of hydrogen-bond donors (Lipinski definition) is 1. The fourth-order valence-corrected chi connectivity index (χ4v) is 3.64. The van der Waals surface area contributed by atoms with E-state index in [2.05, 4.69) is 4.98 Å². The number of fused-ring (bicyclic) bond motifs is 1. The van der Waals surface area contributed by atoms with Crippen LogP contribution in [0.3, 0.4) is 0 Å². The minimum Gasteiger partial charge on any atom is -0.490 e. The van der Waals surface area contributed by atoms with Gasteiger partial charge in [0.2, 0.25) is 11.6 Å². The first-order chi connectivity index (χ1) is 16.0. The second kappa shape index (κ2) is 8.74. The molecule has 1 N–H and O–H groups in total. The zero-order valence-corrected chi connectivity index (χ0v) is 19.1. The molecule has 0 amide bonds. The van der Waals surface area contributed by atoms with Gasteiger partial charge in [-0.1, -0.05) is 0 Å². The van der Waals surface area contributed by atoms with Gasteiger partial charge in [0.15, 0.2) is 17.0 Å². The van der Waals surface area contributed by atoms with Crippen molar-refractivity contribution in [2.24, 2.45) is 0 Å². The zero-order valence-electron chi connectivity index (χ0n) is 17.0. The van der Waals surface area contributed by atoms with Gasteiger partial charge in [0.25, 0.3) is 0 Å². The average molecular weight is 590 g/mol. The number of alkyl halides is 3. The van der Waals surface area contributed by atoms with Gasteiger partial charge < -0.3 is 14.7 Å². The quantitative estimate of drug-likeness (QED) is 0.135. The van der Waals surface area contributed by atoms with Crippen LogP contribution >= 0.6 is 22.6 Å². The molecule has 0 spiro atoms. The maximum absolute atomic E-state index is 14.7. The summed E-state index contributed by atoms with van der Waals surface area (Å²) in [4.78, 5) is 16.8. The van der Waals surface area contributed by atoms with Gasteiger partial charge in [0, 0.05) is 40.4 Å². The summed E-state index contributed by atoms with van der Waals surface area (Å²) in [5.41, 5.74) is -1.86. The number of pyridine rings is 2. The minimum absolute atomic E-state index is 0.0365. The summed E-state index contributed by atoms with van der Waals surface area (Å²) >= 11 is 0.731. The van der Waals surface area contributed by atoms with Gasteiger partial charge in [-0.2, -0.15) is 13.2 Å². The molecule has 12 heteroatoms. The lowest BCUT2D eigenvalue weighted by Crippen LogP contribution is -2.11. The molecule has 176 valence electrons. The largest absolute Gasteiger partial charge is 0.490 e. The fraction of sp³-hybridized carbons (Fsp3) is 0.0909. The molecule has 2 aromatic carbocycles. The topological polar surface area (TPSA) is 73.6 Å². The van der Waals surface area contributed by atoms with Crippen molar-refractivity contribution in [3.05, 3.63) is 82.0 Å². The molecular formula is C22H12F5IN2O4.